The molecule has 0 aromatic carbocycles. The molecule has 0 bridgehead atoms. The van der Waals surface area contributed by atoms with Crippen LogP contribution in [-0.2, 0) is 14.4 Å². The van der Waals surface area contributed by atoms with E-state index in [0.717, 1.165) is 0 Å². The van der Waals surface area contributed by atoms with Crippen molar-refractivity contribution in [1.29, 1.82) is 0 Å². The predicted octanol–water partition coefficient (Wildman–Crippen LogP) is -0.433. The van der Waals surface area contributed by atoms with Crippen LogP contribution in [0.1, 0.15) is 13.8 Å². The van der Waals surface area contributed by atoms with E-state index in [-0.39, 0.29) is 18.3 Å². The zero-order chi connectivity index (χ0) is 12.7. The van der Waals surface area contributed by atoms with Gasteiger partial charge in [-0.2, -0.15) is 0 Å². The molecule has 1 atom stereocenters. The quantitative estimate of drug-likeness (QED) is 0.557. The Kier molecular flexibility index (Phi) is 6.48. The van der Waals surface area contributed by atoms with Gasteiger partial charge >= 0.3 is 5.97 Å². The minimum absolute atomic E-state index is 0.231. The Morgan fingerprint density at radius 2 is 1.81 bits per heavy atom. The highest BCUT2D eigenvalue weighted by Gasteiger charge is 2.23. The Labute approximate surface area is 98.3 Å². The van der Waals surface area contributed by atoms with Crippen LogP contribution in [0.2, 0.25) is 0 Å². The van der Waals surface area contributed by atoms with Crippen LogP contribution < -0.4 is 10.6 Å². The Morgan fingerprint density at radius 3 is 2.19 bits per heavy atom. The van der Waals surface area contributed by atoms with Gasteiger partial charge in [-0.3, -0.25) is 9.59 Å². The number of carboxylic acids is 1. The van der Waals surface area contributed by atoms with Crippen LogP contribution in [0.25, 0.3) is 0 Å². The second-order valence-corrected chi connectivity index (χ2v) is 3.81. The van der Waals surface area contributed by atoms with E-state index in [1.165, 1.54) is 0 Å². The molecule has 6 nitrogen and oxygen atoms in total. The number of nitrogens with one attached hydrogen (secondary N) is 2. The average molecular weight is 251 g/mol. The minimum atomic E-state index is -1.10. The van der Waals surface area contributed by atoms with Crippen molar-refractivity contribution in [3.63, 3.8) is 0 Å². The van der Waals surface area contributed by atoms with Crippen LogP contribution in [-0.4, -0.2) is 41.4 Å². The molecule has 0 aliphatic heterocycles. The molecule has 0 saturated heterocycles. The highest BCUT2D eigenvalue weighted by molar-refractivity contribution is 6.27. The Hall–Kier alpha value is -1.30. The van der Waals surface area contributed by atoms with Gasteiger partial charge in [-0.25, -0.2) is 4.79 Å². The van der Waals surface area contributed by atoms with Gasteiger partial charge in [-0.05, 0) is 5.92 Å². The number of carboxylic acid groups (broad SMARTS) is 1. The first-order chi connectivity index (χ1) is 7.38. The zero-order valence-electron chi connectivity index (χ0n) is 9.12. The molecule has 16 heavy (non-hydrogen) atoms. The van der Waals surface area contributed by atoms with Gasteiger partial charge in [0.2, 0.25) is 11.8 Å². The maximum absolute atomic E-state index is 11.3. The molecule has 0 rings (SSSR count). The summed E-state index contributed by atoms with van der Waals surface area (Å²) in [5.74, 6) is -2.61. The van der Waals surface area contributed by atoms with Gasteiger partial charge in [0.05, 0.1) is 6.54 Å². The molecular formula is C9H15ClN2O4. The van der Waals surface area contributed by atoms with Crippen LogP contribution in [0, 0.1) is 5.92 Å². The van der Waals surface area contributed by atoms with E-state index in [2.05, 4.69) is 10.6 Å². The number of carbonyl (C=O) groups is 3. The summed E-state index contributed by atoms with van der Waals surface area (Å²) in [6, 6.07) is -0.958. The first-order valence-electron chi connectivity index (χ1n) is 4.73. The van der Waals surface area contributed by atoms with Gasteiger partial charge in [-0.15, -0.1) is 11.6 Å². The molecule has 1 unspecified atom stereocenters. The number of carbonyl (C=O) groups excluding carboxylic acids is 2. The molecule has 0 aromatic heterocycles. The molecule has 0 saturated carbocycles. The summed E-state index contributed by atoms with van der Waals surface area (Å²) in [7, 11) is 0. The molecule has 0 radical (unpaired) electrons. The van der Waals surface area contributed by atoms with Crippen molar-refractivity contribution < 1.29 is 19.5 Å². The fourth-order valence-corrected chi connectivity index (χ4v) is 1.06. The smallest absolute Gasteiger partial charge is 0.326 e. The third kappa shape index (κ3) is 5.55. The summed E-state index contributed by atoms with van der Waals surface area (Å²) in [5, 5.41) is 13.3. The van der Waals surface area contributed by atoms with Gasteiger partial charge in [-0.1, -0.05) is 13.8 Å². The Bertz CT molecular complexity index is 281. The van der Waals surface area contributed by atoms with Crippen molar-refractivity contribution in [1.82, 2.24) is 10.6 Å². The van der Waals surface area contributed by atoms with Gasteiger partial charge < -0.3 is 15.7 Å². The largest absolute Gasteiger partial charge is 0.480 e. The highest BCUT2D eigenvalue weighted by Crippen LogP contribution is 2.00. The fourth-order valence-electron chi connectivity index (χ4n) is 0.964. The van der Waals surface area contributed by atoms with Crippen LogP contribution in [0.5, 0.6) is 0 Å². The number of aliphatic carboxylic acids is 1. The summed E-state index contributed by atoms with van der Waals surface area (Å²) in [6.45, 7) is 3.08. The summed E-state index contributed by atoms with van der Waals surface area (Å²) in [5.41, 5.74) is 0. The van der Waals surface area contributed by atoms with E-state index in [0.29, 0.717) is 0 Å². The third-order valence-electron chi connectivity index (χ3n) is 1.82. The van der Waals surface area contributed by atoms with Crippen LogP contribution in [0.15, 0.2) is 0 Å². The van der Waals surface area contributed by atoms with Crippen molar-refractivity contribution in [2.24, 2.45) is 5.92 Å². The van der Waals surface area contributed by atoms with E-state index < -0.39 is 23.8 Å². The summed E-state index contributed by atoms with van der Waals surface area (Å²) < 4.78 is 0. The standard InChI is InChI=1S/C9H15ClN2O4/c1-5(2)8(9(15)16)12-7(14)4-11-6(13)3-10/h5,8H,3-4H2,1-2H3,(H,11,13)(H,12,14)(H,15,16). The SMILES string of the molecule is CC(C)C(NC(=O)CNC(=O)CCl)C(=O)O. The van der Waals surface area contributed by atoms with Crippen molar-refractivity contribution in [2.75, 3.05) is 12.4 Å². The number of halogens is 1. The van der Waals surface area contributed by atoms with E-state index in [1.54, 1.807) is 13.8 Å². The van der Waals surface area contributed by atoms with Crippen molar-refractivity contribution in [3.05, 3.63) is 0 Å². The molecule has 0 aliphatic carbocycles. The Balaban J connectivity index is 4.11. The summed E-state index contributed by atoms with van der Waals surface area (Å²) in [4.78, 5) is 32.7. The van der Waals surface area contributed by atoms with Crippen LogP contribution >= 0.6 is 11.6 Å². The topological polar surface area (TPSA) is 95.5 Å². The summed E-state index contributed by atoms with van der Waals surface area (Å²) >= 11 is 5.20. The van der Waals surface area contributed by atoms with Crippen LogP contribution in [0.4, 0.5) is 0 Å². The summed E-state index contributed by atoms with van der Waals surface area (Å²) in [6.07, 6.45) is 0. The Morgan fingerprint density at radius 1 is 1.25 bits per heavy atom. The van der Waals surface area contributed by atoms with E-state index in [1.807, 2.05) is 0 Å². The first-order valence-corrected chi connectivity index (χ1v) is 5.26. The van der Waals surface area contributed by atoms with Crippen molar-refractivity contribution >= 4 is 29.4 Å². The number of amides is 2. The third-order valence-corrected chi connectivity index (χ3v) is 2.06. The van der Waals surface area contributed by atoms with Gasteiger partial charge in [0, 0.05) is 0 Å². The molecular weight excluding hydrogens is 236 g/mol. The second-order valence-electron chi connectivity index (χ2n) is 3.54. The van der Waals surface area contributed by atoms with Crippen molar-refractivity contribution in [3.8, 4) is 0 Å². The minimum Gasteiger partial charge on any atom is -0.480 e. The normalized spacial score (nSPS) is 12.0. The van der Waals surface area contributed by atoms with E-state index in [4.69, 9.17) is 16.7 Å². The molecule has 0 fully saturated rings. The first kappa shape index (κ1) is 14.7. The number of hydrogen-bond acceptors (Lipinski definition) is 3. The fraction of sp³-hybridized carbons (Fsp3) is 0.667. The predicted molar refractivity (Wildman–Crippen MR) is 58.1 cm³/mol. The maximum atomic E-state index is 11.3. The maximum Gasteiger partial charge on any atom is 0.326 e. The molecule has 0 aromatic rings. The lowest BCUT2D eigenvalue weighted by Crippen LogP contribution is -2.48. The van der Waals surface area contributed by atoms with Gasteiger partial charge in [0.15, 0.2) is 0 Å². The number of alkyl halides is 1. The number of hydrogen-bond donors (Lipinski definition) is 3. The molecule has 92 valence electrons. The molecule has 0 heterocycles. The molecule has 0 spiro atoms. The molecule has 0 aliphatic rings. The van der Waals surface area contributed by atoms with Gasteiger partial charge in [0.1, 0.15) is 11.9 Å². The van der Waals surface area contributed by atoms with E-state index >= 15 is 0 Å². The highest BCUT2D eigenvalue weighted by atomic mass is 35.5. The van der Waals surface area contributed by atoms with Crippen LogP contribution in [0.3, 0.4) is 0 Å². The molecule has 3 N–H and O–H groups in total. The lowest BCUT2D eigenvalue weighted by molar-refractivity contribution is -0.143. The van der Waals surface area contributed by atoms with Crippen molar-refractivity contribution in [2.45, 2.75) is 19.9 Å². The lowest BCUT2D eigenvalue weighted by Gasteiger charge is -2.17. The molecule has 7 heteroatoms. The lowest BCUT2D eigenvalue weighted by atomic mass is 10.1. The number of rotatable bonds is 6. The second kappa shape index (κ2) is 7.05. The average Bonchev–Trinajstić information content (AvgIpc) is 2.21. The van der Waals surface area contributed by atoms with Gasteiger partial charge in [0.25, 0.3) is 0 Å². The van der Waals surface area contributed by atoms with E-state index in [9.17, 15) is 14.4 Å². The zero-order valence-corrected chi connectivity index (χ0v) is 9.87. The monoisotopic (exact) mass is 250 g/mol. The molecule has 2 amide bonds.